The predicted molar refractivity (Wildman–Crippen MR) is 75.3 cm³/mol. The van der Waals surface area contributed by atoms with Crippen molar-refractivity contribution in [2.24, 2.45) is 5.92 Å². The average molecular weight is 280 g/mol. The van der Waals surface area contributed by atoms with Crippen molar-refractivity contribution < 1.29 is 9.59 Å². The molecule has 0 spiro atoms. The molecule has 1 saturated heterocycles. The van der Waals surface area contributed by atoms with Gasteiger partial charge in [0.05, 0.1) is 0 Å². The number of hydrogen-bond donors (Lipinski definition) is 0. The molecule has 0 atom stereocenters. The fourth-order valence-corrected chi connectivity index (χ4v) is 2.59. The molecule has 0 bridgehead atoms. The Labute approximate surface area is 118 Å². The maximum atomic E-state index is 12.3. The van der Waals surface area contributed by atoms with Crippen molar-refractivity contribution in [3.63, 3.8) is 0 Å². The van der Waals surface area contributed by atoms with Crippen LogP contribution in [0.1, 0.15) is 35.7 Å². The zero-order valence-electron chi connectivity index (χ0n) is 11.1. The quantitative estimate of drug-likeness (QED) is 0.798. The van der Waals surface area contributed by atoms with Gasteiger partial charge in [-0.1, -0.05) is 19.1 Å². The van der Waals surface area contributed by atoms with Gasteiger partial charge in [0.2, 0.25) is 5.24 Å². The SMILES string of the molecule is CCc1ccc(C(=O)N2CCC(C(=O)Cl)CC2)cc1. The first kappa shape index (κ1) is 14.1. The largest absolute Gasteiger partial charge is 0.339 e. The van der Waals surface area contributed by atoms with Gasteiger partial charge >= 0.3 is 0 Å². The van der Waals surface area contributed by atoms with Crippen LogP contribution in [0, 0.1) is 5.92 Å². The summed E-state index contributed by atoms with van der Waals surface area (Å²) in [5, 5.41) is -0.278. The van der Waals surface area contributed by atoms with E-state index < -0.39 is 0 Å². The Morgan fingerprint density at radius 1 is 1.21 bits per heavy atom. The second-order valence-electron chi connectivity index (χ2n) is 4.92. The molecule has 1 aliphatic rings. The Balaban J connectivity index is 1.98. The number of aryl methyl sites for hydroxylation is 1. The van der Waals surface area contributed by atoms with Crippen LogP contribution in [0.25, 0.3) is 0 Å². The maximum absolute atomic E-state index is 12.3. The van der Waals surface area contributed by atoms with Crippen LogP contribution in [0.15, 0.2) is 24.3 Å². The molecule has 1 amide bonds. The van der Waals surface area contributed by atoms with Gasteiger partial charge < -0.3 is 4.90 Å². The van der Waals surface area contributed by atoms with Crippen molar-refractivity contribution in [2.75, 3.05) is 13.1 Å². The molecule has 0 N–H and O–H groups in total. The van der Waals surface area contributed by atoms with Crippen LogP contribution in [0.2, 0.25) is 0 Å². The monoisotopic (exact) mass is 279 g/mol. The van der Waals surface area contributed by atoms with Crippen molar-refractivity contribution in [2.45, 2.75) is 26.2 Å². The number of benzene rings is 1. The molecule has 1 heterocycles. The number of likely N-dealkylation sites (tertiary alicyclic amines) is 1. The topological polar surface area (TPSA) is 37.4 Å². The highest BCUT2D eigenvalue weighted by molar-refractivity contribution is 6.64. The Morgan fingerprint density at radius 2 is 1.79 bits per heavy atom. The smallest absolute Gasteiger partial charge is 0.253 e. The zero-order chi connectivity index (χ0) is 13.8. The lowest BCUT2D eigenvalue weighted by atomic mass is 9.97. The Hall–Kier alpha value is -1.35. The zero-order valence-corrected chi connectivity index (χ0v) is 11.8. The van der Waals surface area contributed by atoms with E-state index in [9.17, 15) is 9.59 Å². The Kier molecular flexibility index (Phi) is 4.59. The third kappa shape index (κ3) is 3.35. The van der Waals surface area contributed by atoms with Crippen LogP contribution in [0.4, 0.5) is 0 Å². The Bertz CT molecular complexity index is 462. The summed E-state index contributed by atoms with van der Waals surface area (Å²) >= 11 is 5.49. The van der Waals surface area contributed by atoms with Crippen LogP contribution in [-0.2, 0) is 11.2 Å². The molecule has 0 unspecified atom stereocenters. The molecular weight excluding hydrogens is 262 g/mol. The average Bonchev–Trinajstić information content (AvgIpc) is 2.46. The molecule has 3 nitrogen and oxygen atoms in total. The molecule has 1 aromatic carbocycles. The van der Waals surface area contributed by atoms with E-state index in [0.29, 0.717) is 31.5 Å². The fraction of sp³-hybridized carbons (Fsp3) is 0.467. The molecule has 0 aliphatic carbocycles. The lowest BCUT2D eigenvalue weighted by Crippen LogP contribution is -2.39. The van der Waals surface area contributed by atoms with Crippen molar-refractivity contribution in [1.82, 2.24) is 4.90 Å². The van der Waals surface area contributed by atoms with Crippen LogP contribution < -0.4 is 0 Å². The number of nitrogens with zero attached hydrogens (tertiary/aromatic N) is 1. The number of piperidine rings is 1. The minimum absolute atomic E-state index is 0.0446. The molecule has 4 heteroatoms. The number of hydrogen-bond acceptors (Lipinski definition) is 2. The highest BCUT2D eigenvalue weighted by Crippen LogP contribution is 2.21. The van der Waals surface area contributed by atoms with Gasteiger partial charge in [0.25, 0.3) is 5.91 Å². The fourth-order valence-electron chi connectivity index (χ4n) is 2.38. The molecule has 0 aromatic heterocycles. The third-order valence-corrected chi connectivity index (χ3v) is 4.02. The van der Waals surface area contributed by atoms with Crippen LogP contribution in [0.5, 0.6) is 0 Å². The lowest BCUT2D eigenvalue weighted by Gasteiger charge is -2.30. The molecule has 102 valence electrons. The van der Waals surface area contributed by atoms with Crippen molar-refractivity contribution in [1.29, 1.82) is 0 Å². The van der Waals surface area contributed by atoms with E-state index in [2.05, 4.69) is 6.92 Å². The minimum atomic E-state index is -0.278. The van der Waals surface area contributed by atoms with Crippen LogP contribution in [-0.4, -0.2) is 29.1 Å². The summed E-state index contributed by atoms with van der Waals surface area (Å²) in [6.07, 6.45) is 2.31. The van der Waals surface area contributed by atoms with Gasteiger partial charge in [0.1, 0.15) is 0 Å². The second-order valence-corrected chi connectivity index (χ2v) is 5.29. The van der Waals surface area contributed by atoms with Crippen molar-refractivity contribution in [3.8, 4) is 0 Å². The summed E-state index contributed by atoms with van der Waals surface area (Å²) in [6.45, 7) is 3.31. The van der Waals surface area contributed by atoms with Crippen LogP contribution in [0.3, 0.4) is 0 Å². The number of amides is 1. The van der Waals surface area contributed by atoms with Gasteiger partial charge in [-0.3, -0.25) is 9.59 Å². The minimum Gasteiger partial charge on any atom is -0.339 e. The van der Waals surface area contributed by atoms with E-state index in [0.717, 1.165) is 6.42 Å². The number of rotatable bonds is 3. The molecule has 1 aromatic rings. The molecular formula is C15H18ClNO2. The van der Waals surface area contributed by atoms with Crippen molar-refractivity contribution >= 4 is 22.8 Å². The first-order valence-corrected chi connectivity index (χ1v) is 7.07. The summed E-state index contributed by atoms with van der Waals surface area (Å²) in [5.74, 6) is -0.0451. The van der Waals surface area contributed by atoms with E-state index in [1.165, 1.54) is 5.56 Å². The molecule has 1 aliphatic heterocycles. The highest BCUT2D eigenvalue weighted by atomic mass is 35.5. The third-order valence-electron chi connectivity index (χ3n) is 3.71. The molecule has 0 radical (unpaired) electrons. The first-order chi connectivity index (χ1) is 9.11. The van der Waals surface area contributed by atoms with Gasteiger partial charge in [-0.2, -0.15) is 0 Å². The van der Waals surface area contributed by atoms with E-state index >= 15 is 0 Å². The maximum Gasteiger partial charge on any atom is 0.253 e. The molecule has 2 rings (SSSR count). The predicted octanol–water partition coefficient (Wildman–Crippen LogP) is 2.87. The lowest BCUT2D eigenvalue weighted by molar-refractivity contribution is -0.116. The van der Waals surface area contributed by atoms with E-state index in [1.807, 2.05) is 24.3 Å². The number of carbonyl (C=O) groups is 2. The first-order valence-electron chi connectivity index (χ1n) is 6.69. The summed E-state index contributed by atoms with van der Waals surface area (Å²) in [6, 6.07) is 7.73. The normalized spacial score (nSPS) is 16.4. The number of carbonyl (C=O) groups excluding carboxylic acids is 2. The van der Waals surface area contributed by atoms with Crippen LogP contribution >= 0.6 is 11.6 Å². The molecule has 0 saturated carbocycles. The van der Waals surface area contributed by atoms with E-state index in [1.54, 1.807) is 4.90 Å². The van der Waals surface area contributed by atoms with Gasteiger partial charge in [-0.25, -0.2) is 0 Å². The van der Waals surface area contributed by atoms with Gasteiger partial charge in [-0.15, -0.1) is 0 Å². The van der Waals surface area contributed by atoms with E-state index in [4.69, 9.17) is 11.6 Å². The van der Waals surface area contributed by atoms with Gasteiger partial charge in [0.15, 0.2) is 0 Å². The van der Waals surface area contributed by atoms with E-state index in [-0.39, 0.29) is 17.1 Å². The number of halogens is 1. The van der Waals surface area contributed by atoms with Gasteiger partial charge in [-0.05, 0) is 48.6 Å². The summed E-state index contributed by atoms with van der Waals surface area (Å²) in [5.41, 5.74) is 1.94. The van der Waals surface area contributed by atoms with Gasteiger partial charge in [0, 0.05) is 24.6 Å². The summed E-state index contributed by atoms with van der Waals surface area (Å²) in [7, 11) is 0. The summed E-state index contributed by atoms with van der Waals surface area (Å²) < 4.78 is 0. The second kappa shape index (κ2) is 6.20. The highest BCUT2D eigenvalue weighted by Gasteiger charge is 2.26. The molecule has 19 heavy (non-hydrogen) atoms. The standard InChI is InChI=1S/C15H18ClNO2/c1-2-11-3-5-13(6-4-11)15(19)17-9-7-12(8-10-17)14(16)18/h3-6,12H,2,7-10H2,1H3. The molecule has 1 fully saturated rings. The summed E-state index contributed by atoms with van der Waals surface area (Å²) in [4.78, 5) is 25.2. The Morgan fingerprint density at radius 3 is 2.26 bits per heavy atom. The van der Waals surface area contributed by atoms with Crippen molar-refractivity contribution in [3.05, 3.63) is 35.4 Å².